The van der Waals surface area contributed by atoms with Gasteiger partial charge in [-0.25, -0.2) is 14.6 Å². The summed E-state index contributed by atoms with van der Waals surface area (Å²) in [5.74, 6) is -7.19. The molecule has 22 heteroatoms. The molecule has 7 aromatic rings. The van der Waals surface area contributed by atoms with E-state index in [1.54, 1.807) is 30.3 Å². The average molecular weight is 1370 g/mol. The molecule has 100 heavy (non-hydrogen) atoms. The van der Waals surface area contributed by atoms with Crippen molar-refractivity contribution in [2.24, 2.45) is 0 Å². The Hall–Kier alpha value is -10.1. The van der Waals surface area contributed by atoms with Crippen LogP contribution in [0.15, 0.2) is 158 Å². The number of ether oxygens (including phenoxy) is 1. The fourth-order valence-electron chi connectivity index (χ4n) is 11.3. The van der Waals surface area contributed by atoms with Crippen LogP contribution >= 0.6 is 0 Å². The summed E-state index contributed by atoms with van der Waals surface area (Å²) in [6.45, 7) is 17.8. The topological polar surface area (TPSA) is 307 Å². The zero-order valence-electron chi connectivity index (χ0n) is 59.2. The summed E-state index contributed by atoms with van der Waals surface area (Å²) in [4.78, 5) is 153. The van der Waals surface area contributed by atoms with E-state index >= 15 is 0 Å². The molecule has 1 unspecified atom stereocenters. The maximum absolute atomic E-state index is 14.8. The van der Waals surface area contributed by atoms with Crippen molar-refractivity contribution in [1.29, 1.82) is 0 Å². The van der Waals surface area contributed by atoms with Gasteiger partial charge in [-0.15, -0.1) is 0 Å². The molecule has 22 nitrogen and oxygen atoms in total. The number of esters is 1. The third kappa shape index (κ3) is 20.8. The Labute approximate surface area is 584 Å². The first-order valence-electron chi connectivity index (χ1n) is 33.9. The Morgan fingerprint density at radius 3 is 1.12 bits per heavy atom. The number of carbonyl (C=O) groups is 10. The fourth-order valence-corrected chi connectivity index (χ4v) is 11.3. The second-order valence-corrected chi connectivity index (χ2v) is 29.0. The van der Waals surface area contributed by atoms with Gasteiger partial charge in [-0.3, -0.25) is 43.2 Å². The lowest BCUT2D eigenvalue weighted by Crippen LogP contribution is -2.67. The Kier molecular flexibility index (Phi) is 24.4. The summed E-state index contributed by atoms with van der Waals surface area (Å²) < 4.78 is 5.52. The standard InChI is InChI=1S/C78H95N9O13/c1-73(2,85-69(94)75(5,6)82-64(89)60(45-50-34-37-53-26-16-19-29-56(53)42-50)79-63(88)33-23-22-32-59-40-41-99-100-59)67(92)80-61(46-51-35-38-54-27-17-20-30-57(54)43-51)65(90)83-76(7,8)70(95)86-74(3,4)68(93)81-62(47-52-36-39-55-28-18-21-31-58(55)44-52)66(91)84-77(9,10)71(96)87-78(11,12)72(97)98-48-49-24-14-13-15-25-49/h13-21,24-31,34-39,42-44,59-62H,22-23,32-33,40-41,45-48H2,1-12H3,(H,79,88)(H,80,92)(H,81,93)(H,82,89)(H,83,90)(H,84,91)(H,85,94)(H,86,95)(H,87,96)/t59?,60-,61-,62-/m0/s1. The van der Waals surface area contributed by atoms with Crippen LogP contribution < -0.4 is 47.9 Å². The third-order valence-corrected chi connectivity index (χ3v) is 17.7. The number of amides is 9. The smallest absolute Gasteiger partial charge is 0.331 e. The quantitative estimate of drug-likeness (QED) is 0.0113. The minimum atomic E-state index is -1.79. The van der Waals surface area contributed by atoms with E-state index in [9.17, 15) is 47.9 Å². The lowest BCUT2D eigenvalue weighted by Gasteiger charge is -2.35. The molecular formula is C78H95N9O13. The zero-order chi connectivity index (χ0) is 72.8. The molecular weight excluding hydrogens is 1270 g/mol. The summed E-state index contributed by atoms with van der Waals surface area (Å²) in [6.07, 6.45) is 2.81. The second kappa shape index (κ2) is 32.3. The van der Waals surface area contributed by atoms with Gasteiger partial charge < -0.3 is 52.6 Å². The number of benzene rings is 7. The first-order chi connectivity index (χ1) is 47.1. The third-order valence-electron chi connectivity index (χ3n) is 17.7. The van der Waals surface area contributed by atoms with Gasteiger partial charge in [-0.2, -0.15) is 0 Å². The highest BCUT2D eigenvalue weighted by Gasteiger charge is 2.44. The zero-order valence-corrected chi connectivity index (χ0v) is 59.2. The maximum atomic E-state index is 14.8. The molecule has 1 saturated heterocycles. The van der Waals surface area contributed by atoms with E-state index in [-0.39, 0.29) is 44.3 Å². The molecule has 7 aromatic carbocycles. The van der Waals surface area contributed by atoms with Crippen LogP contribution in [0.2, 0.25) is 0 Å². The van der Waals surface area contributed by atoms with E-state index in [1.165, 1.54) is 83.1 Å². The largest absolute Gasteiger partial charge is 0.459 e. The van der Waals surface area contributed by atoms with Gasteiger partial charge in [0.25, 0.3) is 0 Å². The molecule has 1 aliphatic heterocycles. The second-order valence-electron chi connectivity index (χ2n) is 29.0. The highest BCUT2D eigenvalue weighted by Crippen LogP contribution is 2.24. The molecule has 1 heterocycles. The Morgan fingerprint density at radius 1 is 0.390 bits per heavy atom. The molecule has 1 fully saturated rings. The number of fused-ring (bicyclic) bond motifs is 3. The minimum absolute atomic E-state index is 0.0307. The van der Waals surface area contributed by atoms with Gasteiger partial charge in [0.15, 0.2) is 0 Å². The summed E-state index contributed by atoms with van der Waals surface area (Å²) in [6, 6.07) is 45.0. The van der Waals surface area contributed by atoms with E-state index in [4.69, 9.17) is 14.5 Å². The highest BCUT2D eigenvalue weighted by atomic mass is 17.2. The number of nitrogens with one attached hydrogen (secondary N) is 9. The van der Waals surface area contributed by atoms with Gasteiger partial charge in [-0.05, 0) is 150 Å². The molecule has 9 N–H and O–H groups in total. The van der Waals surface area contributed by atoms with E-state index in [0.29, 0.717) is 30.6 Å². The first kappa shape index (κ1) is 75.7. The van der Waals surface area contributed by atoms with Crippen molar-refractivity contribution in [3.8, 4) is 0 Å². The normalized spacial score (nSPS) is 14.5. The Morgan fingerprint density at radius 2 is 0.740 bits per heavy atom. The van der Waals surface area contributed by atoms with Crippen molar-refractivity contribution in [3.63, 3.8) is 0 Å². The number of hydrogen-bond acceptors (Lipinski definition) is 13. The van der Waals surface area contributed by atoms with Crippen LogP contribution in [0.4, 0.5) is 0 Å². The highest BCUT2D eigenvalue weighted by molar-refractivity contribution is 6.02. The summed E-state index contributed by atoms with van der Waals surface area (Å²) >= 11 is 0. The number of rotatable bonds is 31. The van der Waals surface area contributed by atoms with E-state index in [1.807, 2.05) is 127 Å². The van der Waals surface area contributed by atoms with Crippen molar-refractivity contribution in [2.75, 3.05) is 6.61 Å². The molecule has 9 amide bonds. The van der Waals surface area contributed by atoms with Gasteiger partial charge in [0, 0.05) is 32.1 Å². The van der Waals surface area contributed by atoms with Gasteiger partial charge in [0.05, 0.1) is 12.7 Å². The van der Waals surface area contributed by atoms with Crippen LogP contribution in [0.3, 0.4) is 0 Å². The maximum Gasteiger partial charge on any atom is 0.331 e. The molecule has 0 radical (unpaired) electrons. The Balaban J connectivity index is 0.943. The molecule has 0 saturated carbocycles. The van der Waals surface area contributed by atoms with Crippen LogP contribution in [0.1, 0.15) is 137 Å². The lowest BCUT2D eigenvalue weighted by molar-refractivity contribution is -0.275. The van der Waals surface area contributed by atoms with E-state index < -0.39 is 105 Å². The van der Waals surface area contributed by atoms with Crippen LogP contribution in [-0.4, -0.2) is 123 Å². The van der Waals surface area contributed by atoms with Crippen LogP contribution in [0.25, 0.3) is 32.3 Å². The minimum Gasteiger partial charge on any atom is -0.459 e. The van der Waals surface area contributed by atoms with E-state index in [0.717, 1.165) is 56.3 Å². The van der Waals surface area contributed by atoms with Crippen LogP contribution in [0.5, 0.6) is 0 Å². The van der Waals surface area contributed by atoms with Crippen molar-refractivity contribution >= 4 is 91.5 Å². The van der Waals surface area contributed by atoms with Crippen LogP contribution in [0, 0.1) is 0 Å². The first-order valence-corrected chi connectivity index (χ1v) is 33.9. The molecule has 4 atom stereocenters. The van der Waals surface area contributed by atoms with Gasteiger partial charge >= 0.3 is 5.97 Å². The molecule has 1 aliphatic rings. The van der Waals surface area contributed by atoms with Gasteiger partial charge in [0.2, 0.25) is 53.2 Å². The molecule has 0 aromatic heterocycles. The van der Waals surface area contributed by atoms with E-state index in [2.05, 4.69) is 47.9 Å². The lowest BCUT2D eigenvalue weighted by atomic mass is 9.95. The number of unbranched alkanes of at least 4 members (excludes halogenated alkanes) is 1. The van der Waals surface area contributed by atoms with Crippen molar-refractivity contribution in [2.45, 2.75) is 199 Å². The summed E-state index contributed by atoms with van der Waals surface area (Å²) in [7, 11) is 0. The van der Waals surface area contributed by atoms with Crippen LogP contribution in [-0.2, 0) is 88.3 Å². The SMILES string of the molecule is CC(C)(NC(=O)[C@H](Cc1ccc2ccccc2c1)NC(=O)CCCCC1CCOO1)C(=O)NC(C)(C)C(=O)N[C@@H](Cc1ccc2ccccc2c1)C(=O)NC(C)(C)C(=O)NC(C)(C)C(=O)N[C@@H](Cc1ccc2ccccc2c1)C(=O)NC(C)(C)C(=O)NC(C)(C)C(=O)OCc1ccccc1. The van der Waals surface area contributed by atoms with Crippen molar-refractivity contribution in [3.05, 3.63) is 180 Å². The van der Waals surface area contributed by atoms with Crippen molar-refractivity contribution < 1.29 is 62.5 Å². The fraction of sp³-hybridized carbons (Fsp3) is 0.410. The van der Waals surface area contributed by atoms with Gasteiger partial charge in [-0.1, -0.05) is 164 Å². The monoisotopic (exact) mass is 1370 g/mol. The average Bonchev–Trinajstić information content (AvgIpc) is 0.901. The molecule has 8 rings (SSSR count). The number of carbonyl (C=O) groups excluding carboxylic acids is 10. The Bertz CT molecular complexity index is 4160. The van der Waals surface area contributed by atoms with Crippen molar-refractivity contribution in [1.82, 2.24) is 47.9 Å². The molecule has 0 aliphatic carbocycles. The molecule has 0 bridgehead atoms. The predicted octanol–water partition coefficient (Wildman–Crippen LogP) is 8.02. The molecule has 530 valence electrons. The van der Waals surface area contributed by atoms with Gasteiger partial charge in [0.1, 0.15) is 58.0 Å². The molecule has 0 spiro atoms. The summed E-state index contributed by atoms with van der Waals surface area (Å²) in [5.41, 5.74) is -7.37. The predicted molar refractivity (Wildman–Crippen MR) is 382 cm³/mol. The number of hydrogen-bond donors (Lipinski definition) is 9. The summed E-state index contributed by atoms with van der Waals surface area (Å²) in [5, 5.41) is 30.5.